The van der Waals surface area contributed by atoms with Crippen molar-refractivity contribution in [2.45, 2.75) is 19.4 Å². The second-order valence-electron chi connectivity index (χ2n) is 2.94. The lowest BCUT2D eigenvalue weighted by Crippen LogP contribution is -2.38. The molecular weight excluding hydrogens is 152 g/mol. The normalized spacial score (nSPS) is 25.3. The van der Waals surface area contributed by atoms with Crippen LogP contribution in [0, 0.1) is 22.7 Å². The molecule has 0 aromatic heterocycles. The molecule has 0 saturated carbocycles. The highest BCUT2D eigenvalue weighted by molar-refractivity contribution is 5.46. The Morgan fingerprint density at radius 1 is 1.25 bits per heavy atom. The summed E-state index contributed by atoms with van der Waals surface area (Å²) in [5.41, 5.74) is 0.366. The zero-order valence-electron chi connectivity index (χ0n) is 6.96. The van der Waals surface area contributed by atoms with Gasteiger partial charge in [-0.3, -0.25) is 0 Å². The molecule has 60 valence electrons. The van der Waals surface area contributed by atoms with E-state index in [0.717, 1.165) is 5.57 Å². The van der Waals surface area contributed by atoms with E-state index in [9.17, 15) is 0 Å². The van der Waals surface area contributed by atoms with Crippen molar-refractivity contribution in [1.82, 2.24) is 0 Å². The molecule has 0 atom stereocenters. The Bertz CT molecular complexity index is 337. The van der Waals surface area contributed by atoms with E-state index in [1.165, 1.54) is 12.2 Å². The summed E-state index contributed by atoms with van der Waals surface area (Å²) in [6, 6.07) is 3.78. The third-order valence-electron chi connectivity index (χ3n) is 1.68. The van der Waals surface area contributed by atoms with E-state index in [1.54, 1.807) is 0 Å². The average Bonchev–Trinajstić information content (AvgIpc) is 2.00. The van der Waals surface area contributed by atoms with Crippen molar-refractivity contribution in [1.29, 1.82) is 10.5 Å². The molecule has 1 aliphatic heterocycles. The van der Waals surface area contributed by atoms with Crippen LogP contribution in [0.3, 0.4) is 0 Å². The van der Waals surface area contributed by atoms with E-state index in [1.807, 2.05) is 26.0 Å². The van der Waals surface area contributed by atoms with Gasteiger partial charge in [0.25, 0.3) is 0 Å². The van der Waals surface area contributed by atoms with Gasteiger partial charge < -0.3 is 4.74 Å². The Kier molecular flexibility index (Phi) is 1.89. The first-order chi connectivity index (χ1) is 5.61. The minimum Gasteiger partial charge on any atom is -0.482 e. The number of rotatable bonds is 0. The summed E-state index contributed by atoms with van der Waals surface area (Å²) in [6.07, 6.45) is 2.71. The minimum atomic E-state index is -0.418. The van der Waals surface area contributed by atoms with Crippen molar-refractivity contribution in [3.05, 3.63) is 23.5 Å². The molecule has 3 nitrogen and oxygen atoms in total. The second kappa shape index (κ2) is 2.71. The van der Waals surface area contributed by atoms with Crippen molar-refractivity contribution < 1.29 is 4.74 Å². The lowest BCUT2D eigenvalue weighted by molar-refractivity contribution is 0.00570. The van der Waals surface area contributed by atoms with Gasteiger partial charge in [0, 0.05) is 11.6 Å². The summed E-state index contributed by atoms with van der Waals surface area (Å²) in [6.45, 7) is 3.70. The first-order valence-electron chi connectivity index (χ1n) is 3.51. The lowest BCUT2D eigenvalue weighted by atomic mass is 9.89. The Morgan fingerprint density at radius 3 is 2.25 bits per heavy atom. The Morgan fingerprint density at radius 2 is 1.83 bits per heavy atom. The first kappa shape index (κ1) is 8.36. The molecule has 0 aromatic carbocycles. The quantitative estimate of drug-likeness (QED) is 0.506. The summed E-state index contributed by atoms with van der Waals surface area (Å²) >= 11 is 0. The average molecular weight is 160 g/mol. The van der Waals surface area contributed by atoms with E-state index in [4.69, 9.17) is 15.3 Å². The fourth-order valence-electron chi connectivity index (χ4n) is 1.11. The summed E-state index contributed by atoms with van der Waals surface area (Å²) in [5, 5.41) is 16.8. The minimum absolute atomic E-state index is 0.418. The standard InChI is InChI=1S/C9H8N2O/c1-9(2)7(3-5-10)8(12-9)4-6-11/h3-4H,1-2H3/b7-3+,8-4+. The molecule has 1 rings (SSSR count). The molecule has 0 aliphatic carbocycles. The van der Waals surface area contributed by atoms with Crippen LogP contribution in [-0.2, 0) is 4.74 Å². The van der Waals surface area contributed by atoms with E-state index < -0.39 is 5.60 Å². The maximum Gasteiger partial charge on any atom is 0.138 e. The van der Waals surface area contributed by atoms with Gasteiger partial charge in [0.2, 0.25) is 0 Å². The van der Waals surface area contributed by atoms with Crippen molar-refractivity contribution >= 4 is 0 Å². The zero-order valence-corrected chi connectivity index (χ0v) is 6.96. The zero-order chi connectivity index (χ0) is 9.19. The molecule has 3 heteroatoms. The second-order valence-corrected chi connectivity index (χ2v) is 2.94. The van der Waals surface area contributed by atoms with E-state index >= 15 is 0 Å². The maximum atomic E-state index is 8.43. The van der Waals surface area contributed by atoms with Crippen LogP contribution < -0.4 is 0 Å². The summed E-state index contributed by atoms with van der Waals surface area (Å²) in [7, 11) is 0. The largest absolute Gasteiger partial charge is 0.482 e. The van der Waals surface area contributed by atoms with Gasteiger partial charge in [-0.2, -0.15) is 10.5 Å². The molecule has 0 aromatic rings. The Balaban J connectivity index is 2.96. The molecule has 0 spiro atoms. The molecule has 12 heavy (non-hydrogen) atoms. The molecule has 0 unspecified atom stereocenters. The highest BCUT2D eigenvalue weighted by Gasteiger charge is 2.39. The van der Waals surface area contributed by atoms with Gasteiger partial charge in [-0.05, 0) is 13.8 Å². The number of ether oxygens (including phenoxy) is 1. The third-order valence-corrected chi connectivity index (χ3v) is 1.68. The van der Waals surface area contributed by atoms with Gasteiger partial charge in [-0.15, -0.1) is 0 Å². The summed E-state index contributed by atoms with van der Waals surface area (Å²) in [5.74, 6) is 0.504. The van der Waals surface area contributed by atoms with Crippen LogP contribution in [0.4, 0.5) is 0 Å². The number of nitrogens with zero attached hydrogens (tertiary/aromatic N) is 2. The van der Waals surface area contributed by atoms with Crippen LogP contribution >= 0.6 is 0 Å². The molecule has 1 heterocycles. The van der Waals surface area contributed by atoms with E-state index in [-0.39, 0.29) is 0 Å². The van der Waals surface area contributed by atoms with Crippen LogP contribution in [0.2, 0.25) is 0 Å². The van der Waals surface area contributed by atoms with Crippen molar-refractivity contribution in [3.8, 4) is 12.1 Å². The molecule has 0 bridgehead atoms. The van der Waals surface area contributed by atoms with Crippen LogP contribution in [-0.4, -0.2) is 5.60 Å². The number of hydrogen-bond donors (Lipinski definition) is 0. The van der Waals surface area contributed by atoms with Crippen LogP contribution in [0.25, 0.3) is 0 Å². The SMILES string of the molecule is CC1(C)OC(=C/C#N)/C1=C\C#N. The van der Waals surface area contributed by atoms with E-state index in [0.29, 0.717) is 5.76 Å². The molecule has 0 N–H and O–H groups in total. The molecule has 1 saturated heterocycles. The topological polar surface area (TPSA) is 56.8 Å². The Labute approximate surface area is 71.2 Å². The first-order valence-corrected chi connectivity index (χ1v) is 3.51. The van der Waals surface area contributed by atoms with Gasteiger partial charge in [-0.25, -0.2) is 0 Å². The van der Waals surface area contributed by atoms with Crippen molar-refractivity contribution in [3.63, 3.8) is 0 Å². The summed E-state index contributed by atoms with van der Waals surface area (Å²) in [4.78, 5) is 0. The van der Waals surface area contributed by atoms with E-state index in [2.05, 4.69) is 0 Å². The molecule has 1 aliphatic rings. The highest BCUT2D eigenvalue weighted by Crippen LogP contribution is 2.40. The van der Waals surface area contributed by atoms with Crippen LogP contribution in [0.5, 0.6) is 0 Å². The molecular formula is C9H8N2O. The fraction of sp³-hybridized carbons (Fsp3) is 0.333. The van der Waals surface area contributed by atoms with Crippen LogP contribution in [0.15, 0.2) is 23.5 Å². The smallest absolute Gasteiger partial charge is 0.138 e. The fourth-order valence-corrected chi connectivity index (χ4v) is 1.11. The lowest BCUT2D eigenvalue weighted by Gasteiger charge is -2.40. The predicted octanol–water partition coefficient (Wildman–Crippen LogP) is 1.65. The van der Waals surface area contributed by atoms with Crippen molar-refractivity contribution in [2.75, 3.05) is 0 Å². The number of nitriles is 2. The van der Waals surface area contributed by atoms with Gasteiger partial charge >= 0.3 is 0 Å². The number of hydrogen-bond acceptors (Lipinski definition) is 3. The highest BCUT2D eigenvalue weighted by atomic mass is 16.5. The monoisotopic (exact) mass is 160 g/mol. The predicted molar refractivity (Wildman–Crippen MR) is 42.6 cm³/mol. The number of allylic oxidation sites excluding steroid dienone is 2. The van der Waals surface area contributed by atoms with Gasteiger partial charge in [0.1, 0.15) is 11.4 Å². The van der Waals surface area contributed by atoms with Crippen molar-refractivity contribution in [2.24, 2.45) is 0 Å². The van der Waals surface area contributed by atoms with Gasteiger partial charge in [0.05, 0.1) is 18.2 Å². The summed E-state index contributed by atoms with van der Waals surface area (Å²) < 4.78 is 5.25. The Hall–Kier alpha value is -1.74. The van der Waals surface area contributed by atoms with Gasteiger partial charge in [0.15, 0.2) is 0 Å². The molecule has 0 amide bonds. The van der Waals surface area contributed by atoms with Crippen LogP contribution in [0.1, 0.15) is 13.8 Å². The van der Waals surface area contributed by atoms with Gasteiger partial charge in [-0.1, -0.05) is 0 Å². The third kappa shape index (κ3) is 1.17. The molecule has 1 fully saturated rings. The molecule has 0 radical (unpaired) electrons. The maximum absolute atomic E-state index is 8.43.